The van der Waals surface area contributed by atoms with Crippen molar-refractivity contribution in [2.75, 3.05) is 13.2 Å². The van der Waals surface area contributed by atoms with E-state index in [1.807, 2.05) is 13.8 Å². The molecule has 28 nitrogen and oxygen atoms in total. The Labute approximate surface area is 494 Å². The highest BCUT2D eigenvalue weighted by atomic mass is 32.3. The van der Waals surface area contributed by atoms with Crippen molar-refractivity contribution in [3.63, 3.8) is 0 Å². The molecule has 8 fully saturated rings. The molecule has 33 atom stereocenters. The smallest absolute Gasteiger partial charge is 0.394 e. The Hall–Kier alpha value is -1.64. The van der Waals surface area contributed by atoms with Gasteiger partial charge in [-0.15, -0.1) is 0 Å². The zero-order chi connectivity index (χ0) is 62.3. The van der Waals surface area contributed by atoms with E-state index in [1.54, 1.807) is 6.92 Å². The Balaban J connectivity index is 0.982. The summed E-state index contributed by atoms with van der Waals surface area (Å²) in [5.74, 6) is -0.799. The molecule has 9 aliphatic rings. The lowest BCUT2D eigenvalue weighted by molar-refractivity contribution is -0.398. The molecule has 5 heterocycles. The number of aliphatic hydroxyl groups excluding tert-OH is 12. The van der Waals surface area contributed by atoms with Crippen molar-refractivity contribution in [1.82, 2.24) is 0 Å². The Bertz CT molecular complexity index is 2420. The molecule has 0 aromatic heterocycles. The van der Waals surface area contributed by atoms with Crippen LogP contribution in [-0.4, -0.2) is 264 Å². The first-order valence-electron chi connectivity index (χ1n) is 29.9. The molecule has 9 rings (SSSR count). The molecule has 5 aliphatic heterocycles. The van der Waals surface area contributed by atoms with Gasteiger partial charge in [-0.2, -0.15) is 8.42 Å². The second kappa shape index (κ2) is 26.2. The van der Waals surface area contributed by atoms with Crippen LogP contribution in [0.1, 0.15) is 113 Å². The van der Waals surface area contributed by atoms with Gasteiger partial charge in [-0.05, 0) is 113 Å². The second-order valence-electron chi connectivity index (χ2n) is 26.7. The number of Topliss-reactive ketones (excluding diaryl/α,β-unsaturated/α-hetero) is 1. The number of hydrogen-bond donors (Lipinski definition) is 14. The third-order valence-corrected chi connectivity index (χ3v) is 20.8. The number of ketones is 1. The number of hydrogen-bond acceptors (Lipinski definition) is 27. The molecule has 0 aromatic carbocycles. The van der Waals surface area contributed by atoms with Crippen LogP contribution >= 0.6 is 0 Å². The lowest BCUT2D eigenvalue weighted by Gasteiger charge is -2.60. The molecule has 0 radical (unpaired) electrons. The predicted octanol–water partition coefficient (Wildman–Crippen LogP) is -2.68. The van der Waals surface area contributed by atoms with E-state index < -0.39 is 206 Å². The molecule has 29 heteroatoms. The first-order valence-corrected chi connectivity index (χ1v) is 31.3. The average Bonchev–Trinajstić information content (AvgIpc) is 1.71. The SMILES string of the molecule is CC(C)CC(=O)C[C@@](C)(O)[C@H]1CC[C@H]2[C@@H]3C[C@H](O[C@H]4O[C@@H](C)[C@H](O)[C@@H](O[C@H]5OC[C@H](O[C@H]6O[C@@H](CO)[C@H](O)[C@@H](O)[C@@H]6O[C@H]6O[C@@H](C)[C@H](O)[C@@H](O)[C@@H]6O)[C@@H](O)[C@@H]5O[C@H]5O[C@@H](C)[C@H](O)[C@@H](O)[C@@H]5O)[C@@H]4O)[C@H]4C[C@@H](OS(=O)(=O)O)CC[C@]4(C)C3=CC[C@@]21C. The van der Waals surface area contributed by atoms with E-state index in [9.17, 15) is 84.1 Å². The van der Waals surface area contributed by atoms with Crippen LogP contribution in [0.15, 0.2) is 11.6 Å². The van der Waals surface area contributed by atoms with Crippen LogP contribution < -0.4 is 0 Å². The van der Waals surface area contributed by atoms with Gasteiger partial charge in [0.05, 0.1) is 49.3 Å². The fourth-order valence-corrected chi connectivity index (χ4v) is 16.3. The first kappa shape index (κ1) is 67.7. The van der Waals surface area contributed by atoms with E-state index in [2.05, 4.69) is 19.9 Å². The van der Waals surface area contributed by atoms with Gasteiger partial charge in [0.25, 0.3) is 0 Å². The number of carbonyl (C=O) groups is 1. The molecule has 85 heavy (non-hydrogen) atoms. The predicted molar refractivity (Wildman–Crippen MR) is 286 cm³/mol. The Kier molecular flexibility index (Phi) is 20.8. The van der Waals surface area contributed by atoms with Gasteiger partial charge in [0.2, 0.25) is 0 Å². The van der Waals surface area contributed by atoms with E-state index in [1.165, 1.54) is 20.8 Å². The summed E-state index contributed by atoms with van der Waals surface area (Å²) in [5.41, 5.74) is -1.26. The molecule has 0 aromatic rings. The maximum absolute atomic E-state index is 13.2. The zero-order valence-electron chi connectivity index (χ0n) is 49.1. The van der Waals surface area contributed by atoms with Crippen molar-refractivity contribution in [1.29, 1.82) is 0 Å². The summed E-state index contributed by atoms with van der Waals surface area (Å²) in [4.78, 5) is 13.2. The third kappa shape index (κ3) is 13.5. The Morgan fingerprint density at radius 2 is 1.20 bits per heavy atom. The van der Waals surface area contributed by atoms with Gasteiger partial charge >= 0.3 is 10.4 Å². The lowest BCUT2D eigenvalue weighted by Crippen LogP contribution is -2.67. The van der Waals surface area contributed by atoms with E-state index in [4.69, 9.17) is 51.6 Å². The number of carbonyl (C=O) groups excluding carboxylic acids is 1. The first-order chi connectivity index (χ1) is 39.7. The van der Waals surface area contributed by atoms with E-state index in [0.717, 1.165) is 12.0 Å². The van der Waals surface area contributed by atoms with Crippen LogP contribution in [0.25, 0.3) is 0 Å². The van der Waals surface area contributed by atoms with Crippen LogP contribution in [0, 0.1) is 40.4 Å². The van der Waals surface area contributed by atoms with Gasteiger partial charge in [0, 0.05) is 12.8 Å². The standard InChI is InChI=1S/C56H92O28S/c1-21(2)15-25(58)18-56(8,70)34-10-9-28-27-17-31(30-16-26(84-85(71,72)73)11-13-54(30,6)29(27)12-14-55(28,34)7)78-51-45(69)46(37(61)24(5)77-51)81-52-47(82-49-43(67)40(64)35(59)22(3)75-49)39(63)33(20-74-52)80-53-48(42(66)38(62)32(19-57)79-53)83-50-44(68)41(65)36(60)23(4)76-50/h12,21-24,26-28,30-53,57,59-70H,9-11,13-20H2,1-8H3,(H,71,72,73)/t22-,23-,24-,26-,27-,28-,30+,31-,32-,33-,34-,35-,36-,37-,38-,39+,40+,41+,42+,43-,44-,45-,46+,47-,48-,49+,50+,51+,52+,53+,54+,55-,56+/m0/s1. The molecular weight excluding hydrogens is 1150 g/mol. The van der Waals surface area contributed by atoms with Crippen molar-refractivity contribution < 1.29 is 136 Å². The summed E-state index contributed by atoms with van der Waals surface area (Å²) in [6.07, 6.45) is -37.1. The van der Waals surface area contributed by atoms with Gasteiger partial charge in [0.1, 0.15) is 103 Å². The van der Waals surface area contributed by atoms with E-state index >= 15 is 0 Å². The number of allylic oxidation sites excluding steroid dienone is 2. The molecule has 14 N–H and O–H groups in total. The van der Waals surface area contributed by atoms with Crippen molar-refractivity contribution in [2.24, 2.45) is 40.4 Å². The summed E-state index contributed by atoms with van der Waals surface area (Å²) < 4.78 is 100. The maximum atomic E-state index is 13.2. The van der Waals surface area contributed by atoms with Crippen molar-refractivity contribution >= 4 is 16.2 Å². The maximum Gasteiger partial charge on any atom is 0.397 e. The van der Waals surface area contributed by atoms with Gasteiger partial charge in [-0.25, -0.2) is 4.18 Å². The fourth-order valence-electron chi connectivity index (χ4n) is 15.8. The topological polar surface area (TPSA) is 436 Å². The summed E-state index contributed by atoms with van der Waals surface area (Å²) in [7, 11) is -4.88. The fraction of sp³-hybridized carbons (Fsp3) is 0.946. The minimum absolute atomic E-state index is 0.00462. The van der Waals surface area contributed by atoms with E-state index in [-0.39, 0.29) is 48.7 Å². The number of ether oxygens (including phenoxy) is 10. The molecule has 5 saturated heterocycles. The molecule has 4 aliphatic carbocycles. The zero-order valence-corrected chi connectivity index (χ0v) is 50.0. The van der Waals surface area contributed by atoms with Gasteiger partial charge in [-0.3, -0.25) is 9.35 Å². The van der Waals surface area contributed by atoms with Gasteiger partial charge < -0.3 is 114 Å². The largest absolute Gasteiger partial charge is 0.397 e. The normalized spacial score (nSPS) is 51.3. The van der Waals surface area contributed by atoms with Crippen LogP contribution in [0.5, 0.6) is 0 Å². The van der Waals surface area contributed by atoms with Crippen LogP contribution in [0.4, 0.5) is 0 Å². The third-order valence-electron chi connectivity index (χ3n) is 20.3. The molecule has 0 bridgehead atoms. The minimum atomic E-state index is -4.88. The second-order valence-corrected chi connectivity index (χ2v) is 27.7. The summed E-state index contributed by atoms with van der Waals surface area (Å²) in [6.45, 7) is 12.6. The highest BCUT2D eigenvalue weighted by molar-refractivity contribution is 7.80. The number of rotatable bonds is 18. The summed E-state index contributed by atoms with van der Waals surface area (Å²) >= 11 is 0. The average molecular weight is 1250 g/mol. The summed E-state index contributed by atoms with van der Waals surface area (Å²) in [5, 5.41) is 145. The lowest BCUT2D eigenvalue weighted by atomic mass is 9.47. The number of fused-ring (bicyclic) bond motifs is 5. The monoisotopic (exact) mass is 1240 g/mol. The molecular formula is C56H92O28S. The highest BCUT2D eigenvalue weighted by Gasteiger charge is 2.64. The van der Waals surface area contributed by atoms with Crippen LogP contribution in [-0.2, 0) is 66.7 Å². The molecule has 0 amide bonds. The molecule has 3 saturated carbocycles. The van der Waals surface area contributed by atoms with Crippen LogP contribution in [0.3, 0.4) is 0 Å². The quantitative estimate of drug-likeness (QED) is 0.0491. The molecule has 490 valence electrons. The van der Waals surface area contributed by atoms with Crippen molar-refractivity contribution in [3.8, 4) is 0 Å². The van der Waals surface area contributed by atoms with Gasteiger partial charge in [0.15, 0.2) is 31.5 Å². The van der Waals surface area contributed by atoms with Crippen LogP contribution in [0.2, 0.25) is 0 Å². The van der Waals surface area contributed by atoms with Gasteiger partial charge in [-0.1, -0.05) is 39.3 Å². The molecule has 0 spiro atoms. The Morgan fingerprint density at radius 1 is 0.647 bits per heavy atom. The summed E-state index contributed by atoms with van der Waals surface area (Å²) in [6, 6.07) is 0. The number of aliphatic hydroxyl groups is 13. The minimum Gasteiger partial charge on any atom is -0.394 e. The Morgan fingerprint density at radius 3 is 1.78 bits per heavy atom. The highest BCUT2D eigenvalue weighted by Crippen LogP contribution is 2.67. The van der Waals surface area contributed by atoms with Crippen molar-refractivity contribution in [3.05, 3.63) is 11.6 Å². The van der Waals surface area contributed by atoms with Crippen molar-refractivity contribution in [2.45, 2.75) is 278 Å². The molecule has 0 unspecified atom stereocenters. The van der Waals surface area contributed by atoms with E-state index in [0.29, 0.717) is 32.1 Å².